The van der Waals surface area contributed by atoms with Crippen molar-refractivity contribution < 1.29 is 27.5 Å². The van der Waals surface area contributed by atoms with E-state index >= 15 is 0 Å². The number of nitrogens with one attached hydrogen (secondary N) is 1. The highest BCUT2D eigenvalue weighted by Gasteiger charge is 2.33. The summed E-state index contributed by atoms with van der Waals surface area (Å²) in [4.78, 5) is 22.1. The van der Waals surface area contributed by atoms with E-state index in [1.165, 1.54) is 0 Å². The molecule has 0 aromatic carbocycles. The van der Waals surface area contributed by atoms with E-state index < -0.39 is 30.5 Å². The van der Waals surface area contributed by atoms with Crippen molar-refractivity contribution in [1.82, 2.24) is 5.32 Å². The number of methoxy groups -OCH3 is 1. The number of amides is 1. The van der Waals surface area contributed by atoms with E-state index in [1.54, 1.807) is 13.8 Å². The lowest BCUT2D eigenvalue weighted by Gasteiger charge is -2.20. The summed E-state index contributed by atoms with van der Waals surface area (Å²) in [5.41, 5.74) is 0. The zero-order chi connectivity index (χ0) is 12.9. The number of halogens is 3. The van der Waals surface area contributed by atoms with Gasteiger partial charge in [0.25, 0.3) is 0 Å². The Labute approximate surface area is 91.1 Å². The SMILES string of the molecule is COC(=O)C(NC(=O)CC(F)(F)F)C(C)C. The first-order valence-corrected chi connectivity index (χ1v) is 4.61. The molecule has 1 atom stereocenters. The minimum atomic E-state index is -4.58. The molecule has 0 saturated heterocycles. The molecule has 0 fully saturated rings. The Balaban J connectivity index is 4.42. The predicted molar refractivity (Wildman–Crippen MR) is 49.5 cm³/mol. The van der Waals surface area contributed by atoms with Crippen molar-refractivity contribution in [2.24, 2.45) is 5.92 Å². The molecule has 1 unspecified atom stereocenters. The van der Waals surface area contributed by atoms with Gasteiger partial charge in [0.15, 0.2) is 0 Å². The van der Waals surface area contributed by atoms with E-state index in [0.29, 0.717) is 0 Å². The van der Waals surface area contributed by atoms with E-state index in [0.717, 1.165) is 7.11 Å². The highest BCUT2D eigenvalue weighted by Crippen LogP contribution is 2.19. The molecule has 0 aromatic rings. The third-order valence-corrected chi connectivity index (χ3v) is 1.80. The van der Waals surface area contributed by atoms with Gasteiger partial charge in [-0.15, -0.1) is 0 Å². The Kier molecular flexibility index (Phi) is 5.26. The molecule has 0 aromatic heterocycles. The number of esters is 1. The zero-order valence-electron chi connectivity index (χ0n) is 9.22. The van der Waals surface area contributed by atoms with Crippen LogP contribution in [-0.2, 0) is 14.3 Å². The molecule has 1 amide bonds. The molecule has 7 heteroatoms. The molecule has 0 aliphatic carbocycles. The van der Waals surface area contributed by atoms with E-state index in [9.17, 15) is 22.8 Å². The normalized spacial score (nSPS) is 13.4. The van der Waals surface area contributed by atoms with E-state index in [2.05, 4.69) is 4.74 Å². The lowest BCUT2D eigenvalue weighted by molar-refractivity contribution is -0.158. The number of rotatable bonds is 4. The molecule has 0 saturated carbocycles. The van der Waals surface area contributed by atoms with Crippen LogP contribution in [0.3, 0.4) is 0 Å². The van der Waals surface area contributed by atoms with Gasteiger partial charge in [-0.1, -0.05) is 13.8 Å². The molecular weight excluding hydrogens is 227 g/mol. The molecule has 0 rings (SSSR count). The molecule has 16 heavy (non-hydrogen) atoms. The second kappa shape index (κ2) is 5.72. The van der Waals surface area contributed by atoms with Crippen LogP contribution in [0.2, 0.25) is 0 Å². The van der Waals surface area contributed by atoms with Crippen LogP contribution in [0.1, 0.15) is 20.3 Å². The third kappa shape index (κ3) is 5.57. The van der Waals surface area contributed by atoms with Crippen molar-refractivity contribution in [2.45, 2.75) is 32.5 Å². The summed E-state index contributed by atoms with van der Waals surface area (Å²) in [6.45, 7) is 3.19. The predicted octanol–water partition coefficient (Wildman–Crippen LogP) is 1.25. The summed E-state index contributed by atoms with van der Waals surface area (Å²) in [5.74, 6) is -2.34. The first-order valence-electron chi connectivity index (χ1n) is 4.61. The van der Waals surface area contributed by atoms with E-state index in [1.807, 2.05) is 5.32 Å². The minimum Gasteiger partial charge on any atom is -0.467 e. The van der Waals surface area contributed by atoms with E-state index in [4.69, 9.17) is 0 Å². The molecule has 0 bridgehead atoms. The fourth-order valence-electron chi connectivity index (χ4n) is 1.03. The molecule has 0 radical (unpaired) electrons. The van der Waals surface area contributed by atoms with Crippen LogP contribution in [0.4, 0.5) is 13.2 Å². The van der Waals surface area contributed by atoms with Gasteiger partial charge in [0.2, 0.25) is 5.91 Å². The van der Waals surface area contributed by atoms with Crippen LogP contribution in [0.15, 0.2) is 0 Å². The Morgan fingerprint density at radius 1 is 1.31 bits per heavy atom. The second-order valence-corrected chi connectivity index (χ2v) is 3.60. The molecule has 0 heterocycles. The van der Waals surface area contributed by atoms with Gasteiger partial charge >= 0.3 is 12.1 Å². The maximum atomic E-state index is 11.9. The van der Waals surface area contributed by atoms with Crippen LogP contribution in [0.5, 0.6) is 0 Å². The van der Waals surface area contributed by atoms with Crippen molar-refractivity contribution in [1.29, 1.82) is 0 Å². The smallest absolute Gasteiger partial charge is 0.397 e. The standard InChI is InChI=1S/C9H14F3NO3/c1-5(2)7(8(15)16-3)13-6(14)4-9(10,11)12/h5,7H,4H2,1-3H3,(H,13,14). The fourth-order valence-corrected chi connectivity index (χ4v) is 1.03. The molecule has 1 N–H and O–H groups in total. The van der Waals surface area contributed by atoms with Crippen LogP contribution < -0.4 is 5.32 Å². The van der Waals surface area contributed by atoms with Gasteiger partial charge in [0.05, 0.1) is 7.11 Å². The highest BCUT2D eigenvalue weighted by molar-refractivity contribution is 5.84. The molecule has 0 aliphatic rings. The quantitative estimate of drug-likeness (QED) is 0.754. The maximum absolute atomic E-state index is 11.9. The number of carbonyl (C=O) groups is 2. The Hall–Kier alpha value is -1.27. The number of hydrogen-bond acceptors (Lipinski definition) is 3. The number of carbonyl (C=O) groups excluding carboxylic acids is 2. The summed E-state index contributed by atoms with van der Waals surface area (Å²) in [7, 11) is 1.10. The average Bonchev–Trinajstić information content (AvgIpc) is 2.09. The fraction of sp³-hybridized carbons (Fsp3) is 0.778. The summed E-state index contributed by atoms with van der Waals surface area (Å²) in [6.07, 6.45) is -6.19. The Morgan fingerprint density at radius 2 is 1.81 bits per heavy atom. The lowest BCUT2D eigenvalue weighted by Crippen LogP contribution is -2.46. The van der Waals surface area contributed by atoms with Crippen molar-refractivity contribution in [3.8, 4) is 0 Å². The first kappa shape index (κ1) is 14.7. The van der Waals surface area contributed by atoms with E-state index in [-0.39, 0.29) is 5.92 Å². The maximum Gasteiger partial charge on any atom is 0.397 e. The van der Waals surface area contributed by atoms with Crippen molar-refractivity contribution >= 4 is 11.9 Å². The molecule has 0 aliphatic heterocycles. The minimum absolute atomic E-state index is 0.343. The summed E-state index contributed by atoms with van der Waals surface area (Å²) in [6, 6.07) is -1.06. The van der Waals surface area contributed by atoms with Gasteiger partial charge in [0.1, 0.15) is 12.5 Å². The van der Waals surface area contributed by atoms with Gasteiger partial charge in [0, 0.05) is 0 Å². The molecule has 4 nitrogen and oxygen atoms in total. The molecule has 0 spiro atoms. The Bertz CT molecular complexity index is 263. The van der Waals surface area contributed by atoms with Gasteiger partial charge in [-0.3, -0.25) is 4.79 Å². The summed E-state index contributed by atoms with van der Waals surface area (Å²) in [5, 5.41) is 1.99. The van der Waals surface area contributed by atoms with Crippen molar-refractivity contribution in [3.05, 3.63) is 0 Å². The number of hydrogen-bond donors (Lipinski definition) is 1. The van der Waals surface area contributed by atoms with Gasteiger partial charge in [-0.05, 0) is 5.92 Å². The van der Waals surface area contributed by atoms with Crippen LogP contribution in [0, 0.1) is 5.92 Å². The lowest BCUT2D eigenvalue weighted by atomic mass is 10.0. The van der Waals surface area contributed by atoms with Crippen LogP contribution >= 0.6 is 0 Å². The van der Waals surface area contributed by atoms with Crippen LogP contribution in [-0.4, -0.2) is 31.2 Å². The summed E-state index contributed by atoms with van der Waals surface area (Å²) < 4.78 is 40.0. The zero-order valence-corrected chi connectivity index (χ0v) is 9.22. The average molecular weight is 241 g/mol. The number of ether oxygens (including phenoxy) is 1. The second-order valence-electron chi connectivity index (χ2n) is 3.60. The monoisotopic (exact) mass is 241 g/mol. The summed E-state index contributed by atoms with van der Waals surface area (Å²) >= 11 is 0. The van der Waals surface area contributed by atoms with Gasteiger partial charge in [-0.25, -0.2) is 4.79 Å². The largest absolute Gasteiger partial charge is 0.467 e. The van der Waals surface area contributed by atoms with Gasteiger partial charge < -0.3 is 10.1 Å². The topological polar surface area (TPSA) is 55.4 Å². The highest BCUT2D eigenvalue weighted by atomic mass is 19.4. The van der Waals surface area contributed by atoms with Crippen LogP contribution in [0.25, 0.3) is 0 Å². The van der Waals surface area contributed by atoms with Crippen molar-refractivity contribution in [3.63, 3.8) is 0 Å². The van der Waals surface area contributed by atoms with Crippen molar-refractivity contribution in [2.75, 3.05) is 7.11 Å². The molecular formula is C9H14F3NO3. The van der Waals surface area contributed by atoms with Gasteiger partial charge in [-0.2, -0.15) is 13.2 Å². The first-order chi connectivity index (χ1) is 7.17. The molecule has 94 valence electrons. The third-order valence-electron chi connectivity index (χ3n) is 1.80. The number of alkyl halides is 3. The Morgan fingerprint density at radius 3 is 2.12 bits per heavy atom.